The van der Waals surface area contributed by atoms with Gasteiger partial charge in [0, 0.05) is 11.1 Å². The zero-order chi connectivity index (χ0) is 14.7. The molecule has 1 heterocycles. The first-order valence-electron chi connectivity index (χ1n) is 6.55. The number of benzene rings is 2. The molecule has 0 bridgehead atoms. The second-order valence-corrected chi connectivity index (χ2v) is 4.56. The Hall–Kier alpha value is -1.87. The first-order chi connectivity index (χ1) is 9.68. The number of rotatable bonds is 1. The minimum absolute atomic E-state index is 0.255. The van der Waals surface area contributed by atoms with Gasteiger partial charge in [0.2, 0.25) is 0 Å². The molecule has 0 amide bonds. The average Bonchev–Trinajstić information content (AvgIpc) is 2.93. The molecule has 0 radical (unpaired) electrons. The van der Waals surface area contributed by atoms with E-state index in [9.17, 15) is 4.39 Å². The largest absolute Gasteiger partial charge is 0.345 e. The number of halogens is 2. The minimum Gasteiger partial charge on any atom is -0.345 e. The summed E-state index contributed by atoms with van der Waals surface area (Å²) in [4.78, 5) is 7.22. The highest BCUT2D eigenvalue weighted by Gasteiger charge is 2.15. The molecule has 3 rings (SSSR count). The molecule has 0 fully saturated rings. The van der Waals surface area contributed by atoms with Crippen molar-refractivity contribution in [3.8, 4) is 11.1 Å². The lowest BCUT2D eigenvalue weighted by atomic mass is 10.0. The third-order valence-corrected chi connectivity index (χ3v) is 3.32. The summed E-state index contributed by atoms with van der Waals surface area (Å²) in [6.07, 6.45) is 1.58. The molecule has 0 saturated heterocycles. The van der Waals surface area contributed by atoms with Crippen molar-refractivity contribution in [2.75, 3.05) is 0 Å². The maximum Gasteiger partial charge on any atom is 0.134 e. The predicted octanol–water partition coefficient (Wildman–Crippen LogP) is 5.36. The van der Waals surface area contributed by atoms with Gasteiger partial charge in [0.15, 0.2) is 0 Å². The van der Waals surface area contributed by atoms with E-state index < -0.39 is 0 Å². The van der Waals surface area contributed by atoms with Crippen LogP contribution in [0.5, 0.6) is 0 Å². The summed E-state index contributed by atoms with van der Waals surface area (Å²) in [5, 5.41) is 0.499. The van der Waals surface area contributed by atoms with Crippen molar-refractivity contribution in [1.82, 2.24) is 9.97 Å². The number of aryl methyl sites for hydroxylation is 1. The summed E-state index contributed by atoms with van der Waals surface area (Å²) in [6.45, 7) is 5.73. The normalized spacial score (nSPS) is 10.2. The van der Waals surface area contributed by atoms with E-state index in [0.717, 1.165) is 5.52 Å². The first-order valence-corrected chi connectivity index (χ1v) is 6.93. The maximum atomic E-state index is 14.2. The Labute approximate surface area is 122 Å². The molecule has 104 valence electrons. The molecule has 0 aliphatic heterocycles. The third kappa shape index (κ3) is 2.41. The van der Waals surface area contributed by atoms with Crippen molar-refractivity contribution in [2.45, 2.75) is 20.8 Å². The molecule has 1 N–H and O–H groups in total. The maximum absolute atomic E-state index is 14.2. The van der Waals surface area contributed by atoms with Gasteiger partial charge in [-0.05, 0) is 24.6 Å². The van der Waals surface area contributed by atoms with Gasteiger partial charge in [0.05, 0.1) is 22.4 Å². The number of imidazole rings is 1. The van der Waals surface area contributed by atoms with Gasteiger partial charge in [-0.25, -0.2) is 9.37 Å². The molecule has 1 aromatic heterocycles. The Morgan fingerprint density at radius 3 is 2.65 bits per heavy atom. The number of aromatic amines is 1. The Kier molecular flexibility index (Phi) is 4.40. The van der Waals surface area contributed by atoms with Crippen LogP contribution in [0, 0.1) is 12.7 Å². The van der Waals surface area contributed by atoms with Crippen LogP contribution in [-0.2, 0) is 0 Å². The number of H-pyrrole nitrogens is 1. The summed E-state index contributed by atoms with van der Waals surface area (Å²) in [6, 6.07) is 8.85. The van der Waals surface area contributed by atoms with E-state index in [4.69, 9.17) is 11.6 Å². The quantitative estimate of drug-likeness (QED) is 0.642. The highest BCUT2D eigenvalue weighted by molar-refractivity contribution is 6.34. The van der Waals surface area contributed by atoms with Gasteiger partial charge < -0.3 is 4.98 Å². The molecule has 20 heavy (non-hydrogen) atoms. The number of nitrogens with zero attached hydrogens (tertiary/aromatic N) is 1. The first kappa shape index (κ1) is 14.5. The summed E-state index contributed by atoms with van der Waals surface area (Å²) in [7, 11) is 0. The third-order valence-electron chi connectivity index (χ3n) is 3.00. The number of hydrogen-bond donors (Lipinski definition) is 1. The van der Waals surface area contributed by atoms with Crippen LogP contribution in [0.4, 0.5) is 4.39 Å². The van der Waals surface area contributed by atoms with Crippen LogP contribution in [0.15, 0.2) is 36.7 Å². The van der Waals surface area contributed by atoms with Gasteiger partial charge in [-0.15, -0.1) is 0 Å². The van der Waals surface area contributed by atoms with E-state index in [1.807, 2.05) is 26.0 Å². The molecule has 2 nitrogen and oxygen atoms in total. The SMILES string of the molecule is CC.Cc1cccc(-c2c(Cl)ccc3[nH]cnc23)c1F. The monoisotopic (exact) mass is 290 g/mol. The Bertz CT molecular complexity index is 734. The lowest BCUT2D eigenvalue weighted by Gasteiger charge is -2.08. The van der Waals surface area contributed by atoms with Gasteiger partial charge in [0.1, 0.15) is 5.82 Å². The standard InChI is InChI=1S/C14H10ClFN2.C2H6/c1-8-3-2-4-9(13(8)16)12-10(15)5-6-11-14(12)18-7-17-11;1-2/h2-7H,1H3,(H,17,18);1-2H3. The van der Waals surface area contributed by atoms with Crippen molar-refractivity contribution in [3.63, 3.8) is 0 Å². The number of fused-ring (bicyclic) bond motifs is 1. The molecule has 4 heteroatoms. The van der Waals surface area contributed by atoms with Crippen molar-refractivity contribution in [3.05, 3.63) is 53.1 Å². The summed E-state index contributed by atoms with van der Waals surface area (Å²) in [5.41, 5.74) is 3.24. The van der Waals surface area contributed by atoms with Crippen LogP contribution in [0.2, 0.25) is 5.02 Å². The smallest absolute Gasteiger partial charge is 0.134 e. The lowest BCUT2D eigenvalue weighted by Crippen LogP contribution is -1.90. The highest BCUT2D eigenvalue weighted by atomic mass is 35.5. The molecular formula is C16H16ClFN2. The van der Waals surface area contributed by atoms with Crippen molar-refractivity contribution >= 4 is 22.6 Å². The molecule has 0 saturated carbocycles. The second kappa shape index (κ2) is 6.06. The highest BCUT2D eigenvalue weighted by Crippen LogP contribution is 2.35. The molecule has 0 spiro atoms. The van der Waals surface area contributed by atoms with E-state index >= 15 is 0 Å². The van der Waals surface area contributed by atoms with Crippen molar-refractivity contribution in [2.24, 2.45) is 0 Å². The summed E-state index contributed by atoms with van der Waals surface area (Å²) >= 11 is 6.20. The van der Waals surface area contributed by atoms with Crippen LogP contribution in [0.1, 0.15) is 19.4 Å². The van der Waals surface area contributed by atoms with E-state index in [0.29, 0.717) is 27.2 Å². The Morgan fingerprint density at radius 1 is 1.15 bits per heavy atom. The molecule has 0 unspecified atom stereocenters. The van der Waals surface area contributed by atoms with Crippen LogP contribution in [0.25, 0.3) is 22.2 Å². The van der Waals surface area contributed by atoms with E-state index in [-0.39, 0.29) is 5.82 Å². The van der Waals surface area contributed by atoms with Crippen LogP contribution in [0.3, 0.4) is 0 Å². The Morgan fingerprint density at radius 2 is 1.90 bits per heavy atom. The molecule has 0 aliphatic carbocycles. The minimum atomic E-state index is -0.255. The van der Waals surface area contributed by atoms with E-state index in [1.165, 1.54) is 0 Å². The van der Waals surface area contributed by atoms with Gasteiger partial charge in [0.25, 0.3) is 0 Å². The Balaban J connectivity index is 0.000000704. The number of hydrogen-bond acceptors (Lipinski definition) is 1. The molecule has 0 aliphatic rings. The summed E-state index contributed by atoms with van der Waals surface area (Å²) in [5.74, 6) is -0.255. The van der Waals surface area contributed by atoms with Crippen molar-refractivity contribution < 1.29 is 4.39 Å². The molecular weight excluding hydrogens is 275 g/mol. The number of nitrogens with one attached hydrogen (secondary N) is 1. The fraction of sp³-hybridized carbons (Fsp3) is 0.188. The topological polar surface area (TPSA) is 28.7 Å². The van der Waals surface area contributed by atoms with Crippen LogP contribution >= 0.6 is 11.6 Å². The average molecular weight is 291 g/mol. The van der Waals surface area contributed by atoms with Crippen LogP contribution in [-0.4, -0.2) is 9.97 Å². The van der Waals surface area contributed by atoms with Crippen molar-refractivity contribution in [1.29, 1.82) is 0 Å². The zero-order valence-electron chi connectivity index (χ0n) is 11.7. The second-order valence-electron chi connectivity index (χ2n) is 4.16. The molecule has 0 atom stereocenters. The number of aromatic nitrogens is 2. The van der Waals surface area contributed by atoms with Gasteiger partial charge >= 0.3 is 0 Å². The van der Waals surface area contributed by atoms with E-state index in [1.54, 1.807) is 31.5 Å². The van der Waals surface area contributed by atoms with E-state index in [2.05, 4.69) is 9.97 Å². The molecule has 2 aromatic carbocycles. The predicted molar refractivity (Wildman–Crippen MR) is 82.6 cm³/mol. The fourth-order valence-corrected chi connectivity index (χ4v) is 2.33. The molecule has 3 aromatic rings. The lowest BCUT2D eigenvalue weighted by molar-refractivity contribution is 0.622. The summed E-state index contributed by atoms with van der Waals surface area (Å²) < 4.78 is 14.2. The van der Waals surface area contributed by atoms with Gasteiger partial charge in [-0.2, -0.15) is 0 Å². The zero-order valence-corrected chi connectivity index (χ0v) is 12.4. The van der Waals surface area contributed by atoms with Gasteiger partial charge in [-0.1, -0.05) is 43.6 Å². The fourth-order valence-electron chi connectivity index (χ4n) is 2.08. The van der Waals surface area contributed by atoms with Crippen LogP contribution < -0.4 is 0 Å². The van der Waals surface area contributed by atoms with Gasteiger partial charge in [-0.3, -0.25) is 0 Å².